The van der Waals surface area contributed by atoms with Gasteiger partial charge in [-0.1, -0.05) is 19.1 Å². The number of carbonyl (C=O) groups is 1. The first-order chi connectivity index (χ1) is 8.04. The normalized spacial score (nSPS) is 10.0. The average Bonchev–Trinajstić information content (AvgIpc) is 2.29. The predicted molar refractivity (Wildman–Crippen MR) is 64.5 cm³/mol. The molecular formula is C12H16N2O3. The van der Waals surface area contributed by atoms with Crippen molar-refractivity contribution in [2.45, 2.75) is 26.3 Å². The molecule has 0 bridgehead atoms. The summed E-state index contributed by atoms with van der Waals surface area (Å²) in [6.45, 7) is 2.35. The molecule has 0 saturated carbocycles. The van der Waals surface area contributed by atoms with Gasteiger partial charge in [0, 0.05) is 32.1 Å². The third-order valence-corrected chi connectivity index (χ3v) is 2.43. The van der Waals surface area contributed by atoms with Crippen LogP contribution in [0.25, 0.3) is 0 Å². The second-order valence-electron chi connectivity index (χ2n) is 3.93. The molecule has 0 N–H and O–H groups in total. The highest BCUT2D eigenvalue weighted by molar-refractivity contribution is 5.75. The standard InChI is InChI=1S/C12H16N2O3/c1-3-5-12(15)13(2)9-10-6-4-7-11(8-10)14(16)17/h4,6-8H,3,5,9H2,1-2H3. The molecule has 0 atom stereocenters. The van der Waals surface area contributed by atoms with Crippen molar-refractivity contribution in [2.24, 2.45) is 0 Å². The minimum atomic E-state index is -0.433. The Morgan fingerprint density at radius 3 is 2.76 bits per heavy atom. The molecule has 0 saturated heterocycles. The van der Waals surface area contributed by atoms with Crippen LogP contribution in [0.15, 0.2) is 24.3 Å². The van der Waals surface area contributed by atoms with Crippen molar-refractivity contribution >= 4 is 11.6 Å². The van der Waals surface area contributed by atoms with Crippen LogP contribution in [-0.2, 0) is 11.3 Å². The van der Waals surface area contributed by atoms with Crippen LogP contribution in [-0.4, -0.2) is 22.8 Å². The quantitative estimate of drug-likeness (QED) is 0.582. The molecule has 0 spiro atoms. The van der Waals surface area contributed by atoms with Crippen LogP contribution in [0.3, 0.4) is 0 Å². The molecule has 5 nitrogen and oxygen atoms in total. The number of nitrogens with zero attached hydrogens (tertiary/aromatic N) is 2. The summed E-state index contributed by atoms with van der Waals surface area (Å²) in [5.74, 6) is 0.0546. The molecule has 92 valence electrons. The van der Waals surface area contributed by atoms with E-state index < -0.39 is 4.92 Å². The van der Waals surface area contributed by atoms with Crippen molar-refractivity contribution in [3.63, 3.8) is 0 Å². The van der Waals surface area contributed by atoms with Crippen LogP contribution in [0.1, 0.15) is 25.3 Å². The van der Waals surface area contributed by atoms with E-state index in [-0.39, 0.29) is 11.6 Å². The highest BCUT2D eigenvalue weighted by atomic mass is 16.6. The van der Waals surface area contributed by atoms with Crippen molar-refractivity contribution < 1.29 is 9.72 Å². The van der Waals surface area contributed by atoms with Crippen LogP contribution in [0, 0.1) is 10.1 Å². The van der Waals surface area contributed by atoms with Crippen LogP contribution in [0.2, 0.25) is 0 Å². The van der Waals surface area contributed by atoms with E-state index in [1.165, 1.54) is 12.1 Å². The Morgan fingerprint density at radius 2 is 2.18 bits per heavy atom. The van der Waals surface area contributed by atoms with Crippen LogP contribution < -0.4 is 0 Å². The number of rotatable bonds is 5. The van der Waals surface area contributed by atoms with E-state index >= 15 is 0 Å². The van der Waals surface area contributed by atoms with Gasteiger partial charge in [0.25, 0.3) is 5.69 Å². The summed E-state index contributed by atoms with van der Waals surface area (Å²) in [5, 5.41) is 10.6. The SMILES string of the molecule is CCCC(=O)N(C)Cc1cccc([N+](=O)[O-])c1. The summed E-state index contributed by atoms with van der Waals surface area (Å²) in [4.78, 5) is 23.3. The first kappa shape index (κ1) is 13.2. The zero-order valence-corrected chi connectivity index (χ0v) is 10.0. The van der Waals surface area contributed by atoms with Crippen LogP contribution >= 0.6 is 0 Å². The molecule has 1 amide bonds. The maximum absolute atomic E-state index is 11.6. The summed E-state index contributed by atoms with van der Waals surface area (Å²) in [5.41, 5.74) is 0.824. The van der Waals surface area contributed by atoms with Crippen molar-refractivity contribution in [1.29, 1.82) is 0 Å². The molecule has 0 radical (unpaired) electrons. The largest absolute Gasteiger partial charge is 0.341 e. The molecule has 0 aliphatic rings. The van der Waals surface area contributed by atoms with Crippen molar-refractivity contribution in [3.05, 3.63) is 39.9 Å². The molecule has 1 rings (SSSR count). The first-order valence-electron chi connectivity index (χ1n) is 5.52. The second kappa shape index (κ2) is 5.98. The van der Waals surface area contributed by atoms with Gasteiger partial charge in [0.05, 0.1) is 4.92 Å². The van der Waals surface area contributed by atoms with Crippen molar-refractivity contribution in [3.8, 4) is 0 Å². The maximum atomic E-state index is 11.6. The Kier molecular flexibility index (Phi) is 4.63. The lowest BCUT2D eigenvalue weighted by Gasteiger charge is -2.16. The average molecular weight is 236 g/mol. The predicted octanol–water partition coefficient (Wildman–Crippen LogP) is 2.35. The van der Waals surface area contributed by atoms with E-state index in [4.69, 9.17) is 0 Å². The Labute approximate surface area is 100 Å². The van der Waals surface area contributed by atoms with Gasteiger partial charge in [0.2, 0.25) is 5.91 Å². The number of amides is 1. The van der Waals surface area contributed by atoms with Crippen LogP contribution in [0.5, 0.6) is 0 Å². The molecule has 0 heterocycles. The molecule has 1 aromatic carbocycles. The van der Waals surface area contributed by atoms with E-state index in [9.17, 15) is 14.9 Å². The summed E-state index contributed by atoms with van der Waals surface area (Å²) < 4.78 is 0. The van der Waals surface area contributed by atoms with Gasteiger partial charge >= 0.3 is 0 Å². The fraction of sp³-hybridized carbons (Fsp3) is 0.417. The topological polar surface area (TPSA) is 63.5 Å². The number of hydrogen-bond donors (Lipinski definition) is 0. The summed E-state index contributed by atoms with van der Waals surface area (Å²) in [6.07, 6.45) is 1.31. The van der Waals surface area contributed by atoms with Gasteiger partial charge in [-0.2, -0.15) is 0 Å². The second-order valence-corrected chi connectivity index (χ2v) is 3.93. The van der Waals surface area contributed by atoms with Gasteiger partial charge in [-0.15, -0.1) is 0 Å². The summed E-state index contributed by atoms with van der Waals surface area (Å²) >= 11 is 0. The van der Waals surface area contributed by atoms with E-state index in [1.54, 1.807) is 24.1 Å². The lowest BCUT2D eigenvalue weighted by Crippen LogP contribution is -2.25. The smallest absolute Gasteiger partial charge is 0.269 e. The van der Waals surface area contributed by atoms with Crippen molar-refractivity contribution in [1.82, 2.24) is 4.90 Å². The molecule has 0 aliphatic carbocycles. The molecule has 0 aromatic heterocycles. The highest BCUT2D eigenvalue weighted by Crippen LogP contribution is 2.14. The zero-order valence-electron chi connectivity index (χ0n) is 10.0. The number of nitro benzene ring substituents is 1. The molecule has 5 heteroatoms. The minimum absolute atomic E-state index is 0.0545. The van der Waals surface area contributed by atoms with Crippen molar-refractivity contribution in [2.75, 3.05) is 7.05 Å². The molecule has 0 unspecified atom stereocenters. The third-order valence-electron chi connectivity index (χ3n) is 2.43. The van der Waals surface area contributed by atoms with Gasteiger partial charge in [-0.05, 0) is 12.0 Å². The Morgan fingerprint density at radius 1 is 1.47 bits per heavy atom. The van der Waals surface area contributed by atoms with E-state index in [1.807, 2.05) is 6.92 Å². The fourth-order valence-electron chi connectivity index (χ4n) is 1.54. The van der Waals surface area contributed by atoms with Gasteiger partial charge in [-0.25, -0.2) is 0 Å². The van der Waals surface area contributed by atoms with Gasteiger partial charge < -0.3 is 4.90 Å². The number of nitro groups is 1. The molecule has 0 fully saturated rings. The van der Waals surface area contributed by atoms with E-state index in [0.29, 0.717) is 13.0 Å². The van der Waals surface area contributed by atoms with Crippen LogP contribution in [0.4, 0.5) is 5.69 Å². The van der Waals surface area contributed by atoms with Gasteiger partial charge in [-0.3, -0.25) is 14.9 Å². The number of non-ortho nitro benzene ring substituents is 1. The van der Waals surface area contributed by atoms with E-state index in [2.05, 4.69) is 0 Å². The zero-order chi connectivity index (χ0) is 12.8. The van der Waals surface area contributed by atoms with Gasteiger partial charge in [0.15, 0.2) is 0 Å². The minimum Gasteiger partial charge on any atom is -0.341 e. The lowest BCUT2D eigenvalue weighted by atomic mass is 10.2. The van der Waals surface area contributed by atoms with E-state index in [0.717, 1.165) is 12.0 Å². The summed E-state index contributed by atoms with van der Waals surface area (Å²) in [6, 6.07) is 6.35. The Hall–Kier alpha value is -1.91. The highest BCUT2D eigenvalue weighted by Gasteiger charge is 2.10. The molecular weight excluding hydrogens is 220 g/mol. The Bertz CT molecular complexity index is 418. The Balaban J connectivity index is 2.71. The number of benzene rings is 1. The third kappa shape index (κ3) is 3.86. The first-order valence-corrected chi connectivity index (χ1v) is 5.52. The lowest BCUT2D eigenvalue weighted by molar-refractivity contribution is -0.384. The monoisotopic (exact) mass is 236 g/mol. The molecule has 0 aliphatic heterocycles. The number of hydrogen-bond acceptors (Lipinski definition) is 3. The maximum Gasteiger partial charge on any atom is 0.269 e. The fourth-order valence-corrected chi connectivity index (χ4v) is 1.54. The van der Waals surface area contributed by atoms with Gasteiger partial charge in [0.1, 0.15) is 0 Å². The molecule has 1 aromatic rings. The summed E-state index contributed by atoms with van der Waals surface area (Å²) in [7, 11) is 1.71. The number of carbonyl (C=O) groups excluding carboxylic acids is 1. The molecule has 17 heavy (non-hydrogen) atoms.